The number of hydrogen-bond acceptors (Lipinski definition) is 5. The van der Waals surface area contributed by atoms with Crippen molar-refractivity contribution in [3.63, 3.8) is 0 Å². The molecule has 0 atom stereocenters. The number of piperidine rings is 1. The van der Waals surface area contributed by atoms with Crippen LogP contribution < -0.4 is 5.32 Å². The number of hydrogen-bond donors (Lipinski definition) is 1. The average Bonchev–Trinajstić information content (AvgIpc) is 3.21. The van der Waals surface area contributed by atoms with E-state index in [0.717, 1.165) is 41.6 Å². The molecule has 1 N–H and O–H groups in total. The highest BCUT2D eigenvalue weighted by Crippen LogP contribution is 2.31. The third-order valence-electron chi connectivity index (χ3n) is 5.73. The summed E-state index contributed by atoms with van der Waals surface area (Å²) >= 11 is 1.37. The van der Waals surface area contributed by atoms with Gasteiger partial charge in [0, 0.05) is 29.6 Å². The zero-order valence-electron chi connectivity index (χ0n) is 18.5. The molecule has 0 aliphatic carbocycles. The van der Waals surface area contributed by atoms with Crippen molar-refractivity contribution in [2.24, 2.45) is 0 Å². The fourth-order valence-electron chi connectivity index (χ4n) is 4.23. The van der Waals surface area contributed by atoms with Crippen LogP contribution in [0.1, 0.15) is 46.3 Å². The number of anilines is 1. The molecule has 1 fully saturated rings. The van der Waals surface area contributed by atoms with E-state index < -0.39 is 10.0 Å². The van der Waals surface area contributed by atoms with Crippen LogP contribution in [0.5, 0.6) is 0 Å². The quantitative estimate of drug-likeness (QED) is 0.560. The van der Waals surface area contributed by atoms with E-state index in [2.05, 4.69) is 43.2 Å². The second-order valence-corrected chi connectivity index (χ2v) is 11.1. The molecule has 8 heteroatoms. The van der Waals surface area contributed by atoms with E-state index in [4.69, 9.17) is 0 Å². The van der Waals surface area contributed by atoms with E-state index in [-0.39, 0.29) is 10.8 Å². The fourth-order valence-corrected chi connectivity index (χ4v) is 6.45. The molecule has 0 saturated carbocycles. The standard InChI is InChI=1S/C24H27N3O3S2/c1-16-13-17(2)22(18(3)14-16)21-15-31-24(25-21)26-23(28)19-7-9-20(10-8-19)32(29,30)27-11-5-4-6-12-27/h7-10,13-15H,4-6,11-12H2,1-3H3,(H,25,26,28). The molecule has 1 saturated heterocycles. The van der Waals surface area contributed by atoms with Gasteiger partial charge in [0.15, 0.2) is 5.13 Å². The van der Waals surface area contributed by atoms with Crippen LogP contribution in [0, 0.1) is 20.8 Å². The molecule has 0 spiro atoms. The minimum atomic E-state index is -3.51. The molecule has 6 nitrogen and oxygen atoms in total. The molecule has 2 aromatic carbocycles. The van der Waals surface area contributed by atoms with Crippen LogP contribution in [0.3, 0.4) is 0 Å². The van der Waals surface area contributed by atoms with Crippen LogP contribution in [0.4, 0.5) is 5.13 Å². The maximum absolute atomic E-state index is 12.8. The highest BCUT2D eigenvalue weighted by atomic mass is 32.2. The summed E-state index contributed by atoms with van der Waals surface area (Å²) in [6, 6.07) is 10.4. The Balaban J connectivity index is 1.48. The van der Waals surface area contributed by atoms with E-state index in [1.807, 2.05) is 5.38 Å². The molecule has 32 heavy (non-hydrogen) atoms. The molecule has 0 bridgehead atoms. The summed E-state index contributed by atoms with van der Waals surface area (Å²) < 4.78 is 27.1. The van der Waals surface area contributed by atoms with Crippen LogP contribution >= 0.6 is 11.3 Å². The van der Waals surface area contributed by atoms with Crippen molar-refractivity contribution in [3.05, 3.63) is 64.0 Å². The third kappa shape index (κ3) is 4.62. The largest absolute Gasteiger partial charge is 0.298 e. The number of nitrogens with one attached hydrogen (secondary N) is 1. The summed E-state index contributed by atoms with van der Waals surface area (Å²) in [5, 5.41) is 5.28. The van der Waals surface area contributed by atoms with Crippen LogP contribution in [-0.2, 0) is 10.0 Å². The molecule has 1 amide bonds. The fraction of sp³-hybridized carbons (Fsp3) is 0.333. The molecule has 1 aliphatic heterocycles. The number of carbonyl (C=O) groups excluding carboxylic acids is 1. The Morgan fingerprint density at radius 2 is 1.62 bits per heavy atom. The smallest absolute Gasteiger partial charge is 0.257 e. The van der Waals surface area contributed by atoms with E-state index >= 15 is 0 Å². The van der Waals surface area contributed by atoms with Gasteiger partial charge < -0.3 is 0 Å². The molecule has 168 valence electrons. The Labute approximate surface area is 193 Å². The lowest BCUT2D eigenvalue weighted by Crippen LogP contribution is -2.35. The Kier molecular flexibility index (Phi) is 6.46. The molecule has 2 heterocycles. The molecular formula is C24H27N3O3S2. The number of rotatable bonds is 5. The van der Waals surface area contributed by atoms with Crippen molar-refractivity contribution in [3.8, 4) is 11.3 Å². The number of aromatic nitrogens is 1. The van der Waals surface area contributed by atoms with Gasteiger partial charge in [-0.1, -0.05) is 24.1 Å². The van der Waals surface area contributed by atoms with Gasteiger partial charge in [0.05, 0.1) is 10.6 Å². The lowest BCUT2D eigenvalue weighted by Gasteiger charge is -2.25. The summed E-state index contributed by atoms with van der Waals surface area (Å²) in [7, 11) is -3.51. The SMILES string of the molecule is Cc1cc(C)c(-c2csc(NC(=O)c3ccc(S(=O)(=O)N4CCCCC4)cc3)n2)c(C)c1. The first-order valence-corrected chi connectivity index (χ1v) is 13.0. The summed E-state index contributed by atoms with van der Waals surface area (Å²) in [5.41, 5.74) is 5.82. The highest BCUT2D eigenvalue weighted by molar-refractivity contribution is 7.89. The summed E-state index contributed by atoms with van der Waals surface area (Å²) in [6.45, 7) is 7.30. The Bertz CT molecular complexity index is 1220. The van der Waals surface area contributed by atoms with Crippen molar-refractivity contribution < 1.29 is 13.2 Å². The summed E-state index contributed by atoms with van der Waals surface area (Å²) in [6.07, 6.45) is 2.83. The zero-order valence-corrected chi connectivity index (χ0v) is 20.1. The van der Waals surface area contributed by atoms with Gasteiger partial charge in [-0.3, -0.25) is 10.1 Å². The van der Waals surface area contributed by atoms with Gasteiger partial charge in [0.25, 0.3) is 5.91 Å². The number of carbonyl (C=O) groups is 1. The maximum Gasteiger partial charge on any atom is 0.257 e. The van der Waals surface area contributed by atoms with Gasteiger partial charge in [0.2, 0.25) is 10.0 Å². The topological polar surface area (TPSA) is 79.4 Å². The monoisotopic (exact) mass is 469 g/mol. The minimum Gasteiger partial charge on any atom is -0.298 e. The second-order valence-electron chi connectivity index (χ2n) is 8.25. The summed E-state index contributed by atoms with van der Waals surface area (Å²) in [4.78, 5) is 17.5. The third-order valence-corrected chi connectivity index (χ3v) is 8.40. The van der Waals surface area contributed by atoms with Gasteiger partial charge in [-0.05, 0) is 69.0 Å². The maximum atomic E-state index is 12.8. The predicted octanol–water partition coefficient (Wildman–Crippen LogP) is 5.16. The average molecular weight is 470 g/mol. The van der Waals surface area contributed by atoms with Gasteiger partial charge in [0.1, 0.15) is 0 Å². The first-order chi connectivity index (χ1) is 15.3. The van der Waals surface area contributed by atoms with Crippen LogP contribution in [0.2, 0.25) is 0 Å². The Hall–Kier alpha value is -2.55. The van der Waals surface area contributed by atoms with Gasteiger partial charge in [-0.25, -0.2) is 13.4 Å². The van der Waals surface area contributed by atoms with Gasteiger partial charge >= 0.3 is 0 Å². The minimum absolute atomic E-state index is 0.220. The number of aryl methyl sites for hydroxylation is 3. The molecule has 4 rings (SSSR count). The molecule has 1 aromatic heterocycles. The zero-order chi connectivity index (χ0) is 22.9. The number of amides is 1. The van der Waals surface area contributed by atoms with Crippen LogP contribution in [0.15, 0.2) is 46.7 Å². The van der Waals surface area contributed by atoms with Crippen molar-refractivity contribution in [1.82, 2.24) is 9.29 Å². The van der Waals surface area contributed by atoms with Gasteiger partial charge in [-0.15, -0.1) is 11.3 Å². The Morgan fingerprint density at radius 1 is 1.00 bits per heavy atom. The van der Waals surface area contributed by atoms with Gasteiger partial charge in [-0.2, -0.15) is 4.31 Å². The van der Waals surface area contributed by atoms with E-state index in [0.29, 0.717) is 23.8 Å². The number of nitrogens with zero attached hydrogens (tertiary/aromatic N) is 2. The van der Waals surface area contributed by atoms with E-state index in [1.165, 1.54) is 33.3 Å². The lowest BCUT2D eigenvalue weighted by atomic mass is 9.98. The van der Waals surface area contributed by atoms with Crippen LogP contribution in [0.25, 0.3) is 11.3 Å². The summed E-state index contributed by atoms with van der Waals surface area (Å²) in [5.74, 6) is -0.315. The first kappa shape index (κ1) is 22.6. The highest BCUT2D eigenvalue weighted by Gasteiger charge is 2.26. The predicted molar refractivity (Wildman–Crippen MR) is 129 cm³/mol. The van der Waals surface area contributed by atoms with Crippen molar-refractivity contribution in [2.45, 2.75) is 44.9 Å². The lowest BCUT2D eigenvalue weighted by molar-refractivity contribution is 0.102. The molecular weight excluding hydrogens is 442 g/mol. The molecule has 0 unspecified atom stereocenters. The normalized spacial score (nSPS) is 15.0. The number of thiazole rings is 1. The molecule has 0 radical (unpaired) electrons. The van der Waals surface area contributed by atoms with E-state index in [1.54, 1.807) is 12.1 Å². The molecule has 3 aromatic rings. The second kappa shape index (κ2) is 9.13. The molecule has 1 aliphatic rings. The first-order valence-electron chi connectivity index (χ1n) is 10.7. The Morgan fingerprint density at radius 3 is 2.25 bits per heavy atom. The van der Waals surface area contributed by atoms with Crippen molar-refractivity contribution in [2.75, 3.05) is 18.4 Å². The van der Waals surface area contributed by atoms with Crippen molar-refractivity contribution in [1.29, 1.82) is 0 Å². The van der Waals surface area contributed by atoms with E-state index in [9.17, 15) is 13.2 Å². The number of benzene rings is 2. The van der Waals surface area contributed by atoms with Crippen LogP contribution in [-0.4, -0.2) is 36.7 Å². The van der Waals surface area contributed by atoms with Crippen molar-refractivity contribution >= 4 is 32.4 Å². The number of sulfonamides is 1.